The minimum Gasteiger partial charge on any atom is -0.371 e. The van der Waals surface area contributed by atoms with E-state index < -0.39 is 10.0 Å². The molecule has 3 rings (SSSR count). The van der Waals surface area contributed by atoms with E-state index in [1.54, 1.807) is 11.3 Å². The molecule has 0 bridgehead atoms. The maximum Gasteiger partial charge on any atom is 0.228 e. The van der Waals surface area contributed by atoms with Gasteiger partial charge in [-0.2, -0.15) is 0 Å². The van der Waals surface area contributed by atoms with Gasteiger partial charge in [0.2, 0.25) is 15.9 Å². The Morgan fingerprint density at radius 1 is 1.52 bits per heavy atom. The third-order valence-electron chi connectivity index (χ3n) is 4.63. The lowest BCUT2D eigenvalue weighted by molar-refractivity contribution is -0.164. The summed E-state index contributed by atoms with van der Waals surface area (Å²) in [6.45, 7) is 2.37. The normalized spacial score (nSPS) is 23.2. The number of carbonyl (C=O) groups excluding carboxylic acids is 1. The summed E-state index contributed by atoms with van der Waals surface area (Å²) in [6.07, 6.45) is 3.30. The van der Waals surface area contributed by atoms with Gasteiger partial charge < -0.3 is 9.64 Å². The summed E-state index contributed by atoms with van der Waals surface area (Å²) in [5.41, 5.74) is -0.260. The number of nitrogens with one attached hydrogen (secondary N) is 1. The lowest BCUT2D eigenvalue weighted by Gasteiger charge is -2.50. The lowest BCUT2D eigenvalue weighted by Crippen LogP contribution is -2.66. The zero-order valence-corrected chi connectivity index (χ0v) is 14.8. The largest absolute Gasteiger partial charge is 0.371 e. The monoisotopic (exact) mass is 358 g/mol. The van der Waals surface area contributed by atoms with Crippen LogP contribution >= 0.6 is 11.3 Å². The summed E-state index contributed by atoms with van der Waals surface area (Å²) in [4.78, 5) is 15.2. The van der Waals surface area contributed by atoms with Crippen molar-refractivity contribution in [3.8, 4) is 0 Å². The Balaban J connectivity index is 1.50. The maximum atomic E-state index is 12.3. The van der Waals surface area contributed by atoms with E-state index in [1.807, 2.05) is 22.4 Å². The van der Waals surface area contributed by atoms with E-state index in [9.17, 15) is 13.2 Å². The molecule has 0 aliphatic carbocycles. The highest BCUT2D eigenvalue weighted by Gasteiger charge is 2.53. The summed E-state index contributed by atoms with van der Waals surface area (Å²) >= 11 is 1.60. The number of carbonyl (C=O) groups is 1. The number of amides is 1. The number of hydrogen-bond acceptors (Lipinski definition) is 5. The smallest absolute Gasteiger partial charge is 0.228 e. The van der Waals surface area contributed by atoms with Crippen molar-refractivity contribution in [3.05, 3.63) is 22.4 Å². The van der Waals surface area contributed by atoms with Crippen LogP contribution in [0.3, 0.4) is 0 Å². The number of ether oxygens (including phenoxy) is 1. The fourth-order valence-electron chi connectivity index (χ4n) is 3.41. The minimum absolute atomic E-state index is 0.140. The average molecular weight is 358 g/mol. The van der Waals surface area contributed by atoms with E-state index in [4.69, 9.17) is 4.74 Å². The number of hydrogen-bond donors (Lipinski definition) is 1. The van der Waals surface area contributed by atoms with Gasteiger partial charge in [-0.3, -0.25) is 4.79 Å². The molecule has 1 N–H and O–H groups in total. The van der Waals surface area contributed by atoms with Gasteiger partial charge in [-0.1, -0.05) is 6.07 Å². The van der Waals surface area contributed by atoms with Crippen LogP contribution in [0.25, 0.3) is 0 Å². The zero-order valence-electron chi connectivity index (χ0n) is 13.2. The van der Waals surface area contributed by atoms with E-state index in [-0.39, 0.29) is 11.5 Å². The van der Waals surface area contributed by atoms with Crippen molar-refractivity contribution in [3.63, 3.8) is 0 Å². The molecule has 8 heteroatoms. The van der Waals surface area contributed by atoms with Crippen LogP contribution in [0.1, 0.15) is 17.7 Å². The van der Waals surface area contributed by atoms with Gasteiger partial charge in [0.1, 0.15) is 5.60 Å². The molecule has 0 radical (unpaired) electrons. The van der Waals surface area contributed by atoms with Gasteiger partial charge in [0.25, 0.3) is 0 Å². The van der Waals surface area contributed by atoms with Crippen molar-refractivity contribution in [2.75, 3.05) is 32.5 Å². The molecule has 6 nitrogen and oxygen atoms in total. The molecule has 1 aromatic heterocycles. The van der Waals surface area contributed by atoms with Gasteiger partial charge in [-0.05, 0) is 30.2 Å². The number of rotatable bonds is 6. The van der Waals surface area contributed by atoms with E-state index in [2.05, 4.69) is 4.72 Å². The van der Waals surface area contributed by atoms with E-state index in [0.29, 0.717) is 38.6 Å². The van der Waals surface area contributed by atoms with Crippen LogP contribution in [0.5, 0.6) is 0 Å². The van der Waals surface area contributed by atoms with E-state index in [0.717, 1.165) is 17.7 Å². The average Bonchev–Trinajstić information content (AvgIpc) is 3.04. The Kier molecular flexibility index (Phi) is 4.78. The third kappa shape index (κ3) is 3.93. The third-order valence-corrected chi connectivity index (χ3v) is 6.24. The number of thiophene rings is 1. The number of nitrogens with zero attached hydrogens (tertiary/aromatic N) is 1. The van der Waals surface area contributed by atoms with Crippen molar-refractivity contribution in [2.24, 2.45) is 5.92 Å². The topological polar surface area (TPSA) is 75.7 Å². The molecular weight excluding hydrogens is 336 g/mol. The zero-order chi connectivity index (χ0) is 16.5. The summed E-state index contributed by atoms with van der Waals surface area (Å²) in [7, 11) is -3.15. The number of sulfonamides is 1. The molecule has 3 heterocycles. The molecule has 2 aliphatic heterocycles. The molecule has 1 unspecified atom stereocenters. The van der Waals surface area contributed by atoms with Crippen molar-refractivity contribution in [1.82, 2.24) is 9.62 Å². The first-order valence-corrected chi connectivity index (χ1v) is 10.5. The molecule has 1 aromatic rings. The Bertz CT molecular complexity index is 651. The van der Waals surface area contributed by atoms with Gasteiger partial charge >= 0.3 is 0 Å². The molecule has 1 amide bonds. The highest BCUT2D eigenvalue weighted by molar-refractivity contribution is 7.88. The van der Waals surface area contributed by atoms with E-state index in [1.165, 1.54) is 6.26 Å². The summed E-state index contributed by atoms with van der Waals surface area (Å²) in [5, 5.41) is 1.98. The summed E-state index contributed by atoms with van der Waals surface area (Å²) in [5.74, 6) is 0.448. The second kappa shape index (κ2) is 6.51. The van der Waals surface area contributed by atoms with Gasteiger partial charge in [-0.25, -0.2) is 13.1 Å². The van der Waals surface area contributed by atoms with E-state index >= 15 is 0 Å². The highest BCUT2D eigenvalue weighted by Crippen LogP contribution is 2.41. The Morgan fingerprint density at radius 3 is 2.96 bits per heavy atom. The molecule has 2 aliphatic rings. The summed E-state index contributed by atoms with van der Waals surface area (Å²) in [6, 6.07) is 3.93. The van der Waals surface area contributed by atoms with Crippen molar-refractivity contribution in [1.29, 1.82) is 0 Å². The molecule has 1 spiro atoms. The maximum absolute atomic E-state index is 12.3. The highest BCUT2D eigenvalue weighted by atomic mass is 32.2. The van der Waals surface area contributed by atoms with Crippen molar-refractivity contribution < 1.29 is 17.9 Å². The van der Waals surface area contributed by atoms with Gasteiger partial charge in [-0.15, -0.1) is 11.3 Å². The first-order valence-electron chi connectivity index (χ1n) is 7.77. The molecule has 23 heavy (non-hydrogen) atoms. The van der Waals surface area contributed by atoms with Crippen LogP contribution in [0.2, 0.25) is 0 Å². The van der Waals surface area contributed by atoms with Crippen molar-refractivity contribution in [2.45, 2.75) is 24.9 Å². The molecule has 128 valence electrons. The number of likely N-dealkylation sites (tertiary alicyclic amines) is 1. The molecule has 0 saturated carbocycles. The second-order valence-corrected chi connectivity index (χ2v) is 9.23. The predicted octanol–water partition coefficient (Wildman–Crippen LogP) is 0.847. The Hall–Kier alpha value is -0.960. The summed E-state index contributed by atoms with van der Waals surface area (Å²) < 4.78 is 30.8. The lowest BCUT2D eigenvalue weighted by atomic mass is 9.79. The second-order valence-electron chi connectivity index (χ2n) is 6.36. The predicted molar refractivity (Wildman–Crippen MR) is 88.9 cm³/mol. The molecule has 2 fully saturated rings. The van der Waals surface area contributed by atoms with Crippen LogP contribution in [0, 0.1) is 5.92 Å². The van der Waals surface area contributed by atoms with Gasteiger partial charge in [0.15, 0.2) is 0 Å². The molecule has 0 aromatic carbocycles. The van der Waals surface area contributed by atoms with Crippen LogP contribution < -0.4 is 4.72 Å². The minimum atomic E-state index is -3.15. The van der Waals surface area contributed by atoms with Crippen molar-refractivity contribution >= 4 is 27.3 Å². The molecule has 2 saturated heterocycles. The standard InChI is InChI=1S/C15H22N2O4S2/c1-23(19,20)16-6-4-12-5-7-21-15(12)10-17(11-15)14(18)9-13-3-2-8-22-13/h2-3,8,12,16H,4-7,9-11H2,1H3. The Labute approximate surface area is 140 Å². The van der Waals surface area contributed by atoms with Gasteiger partial charge in [0, 0.05) is 18.0 Å². The van der Waals surface area contributed by atoms with Crippen LogP contribution in [-0.4, -0.2) is 57.3 Å². The van der Waals surface area contributed by atoms with Crippen LogP contribution in [-0.2, 0) is 26.0 Å². The fraction of sp³-hybridized carbons (Fsp3) is 0.667. The first kappa shape index (κ1) is 16.9. The fourth-order valence-corrected chi connectivity index (χ4v) is 4.60. The first-order chi connectivity index (χ1) is 10.9. The van der Waals surface area contributed by atoms with Crippen LogP contribution in [0.15, 0.2) is 17.5 Å². The molecule has 1 atom stereocenters. The van der Waals surface area contributed by atoms with Gasteiger partial charge in [0.05, 0.1) is 25.8 Å². The Morgan fingerprint density at radius 2 is 2.30 bits per heavy atom. The SMILES string of the molecule is CS(=O)(=O)NCCC1CCOC12CN(C(=O)Cc1cccs1)C2. The van der Waals surface area contributed by atoms with Crippen LogP contribution in [0.4, 0.5) is 0 Å². The molecular formula is C15H22N2O4S2. The quantitative estimate of drug-likeness (QED) is 0.818.